The summed E-state index contributed by atoms with van der Waals surface area (Å²) in [6, 6.07) is 11.0. The van der Waals surface area contributed by atoms with Crippen LogP contribution < -0.4 is 14.5 Å². The van der Waals surface area contributed by atoms with Crippen LogP contribution in [0.25, 0.3) is 0 Å². The predicted molar refractivity (Wildman–Crippen MR) is 126 cm³/mol. The number of carbonyl (C=O) groups excluding carboxylic acids is 1. The number of sulfonamides is 1. The maximum Gasteiger partial charge on any atom is 0.248 e. The number of nitrogens with zero attached hydrogens (tertiary/aromatic N) is 2. The molecule has 1 N–H and O–H groups in total. The predicted octanol–water partition coefficient (Wildman–Crippen LogP) is 4.01. The van der Waals surface area contributed by atoms with Gasteiger partial charge in [0.15, 0.2) is 0 Å². The quantitative estimate of drug-likeness (QED) is 0.640. The van der Waals surface area contributed by atoms with E-state index in [0.29, 0.717) is 23.9 Å². The fourth-order valence-electron chi connectivity index (χ4n) is 3.49. The number of rotatable bonds is 7. The Kier molecular flexibility index (Phi) is 7.69. The third-order valence-electron chi connectivity index (χ3n) is 5.00. The molecule has 0 saturated carbocycles. The summed E-state index contributed by atoms with van der Waals surface area (Å²) >= 11 is 12.0. The summed E-state index contributed by atoms with van der Waals surface area (Å²) in [5.41, 5.74) is 1.91. The molecule has 1 heterocycles. The number of hydrogen-bond donors (Lipinski definition) is 1. The van der Waals surface area contributed by atoms with Crippen LogP contribution in [0.1, 0.15) is 13.3 Å². The Morgan fingerprint density at radius 2 is 1.77 bits per heavy atom. The Balaban J connectivity index is 1.80. The van der Waals surface area contributed by atoms with Crippen LogP contribution in [0.15, 0.2) is 42.5 Å². The van der Waals surface area contributed by atoms with Crippen molar-refractivity contribution in [3.8, 4) is 0 Å². The molecule has 0 aliphatic carbocycles. The fraction of sp³-hybridized carbons (Fsp3) is 0.381. The van der Waals surface area contributed by atoms with Crippen LogP contribution in [0, 0.1) is 0 Å². The third kappa shape index (κ3) is 5.83. The van der Waals surface area contributed by atoms with Crippen molar-refractivity contribution in [3.63, 3.8) is 0 Å². The van der Waals surface area contributed by atoms with Crippen molar-refractivity contribution < 1.29 is 17.9 Å². The van der Waals surface area contributed by atoms with Crippen molar-refractivity contribution in [3.05, 3.63) is 52.5 Å². The molecule has 1 aliphatic rings. The maximum atomic E-state index is 13.0. The van der Waals surface area contributed by atoms with E-state index >= 15 is 0 Å². The van der Waals surface area contributed by atoms with Gasteiger partial charge in [0.25, 0.3) is 0 Å². The summed E-state index contributed by atoms with van der Waals surface area (Å²) in [5.74, 6) is -0.432. The molecule has 168 valence electrons. The summed E-state index contributed by atoms with van der Waals surface area (Å²) in [4.78, 5) is 15.2. The normalized spacial score (nSPS) is 15.4. The molecule has 10 heteroatoms. The van der Waals surface area contributed by atoms with E-state index in [1.165, 1.54) is 18.2 Å². The Hall–Kier alpha value is -2.00. The van der Waals surface area contributed by atoms with Gasteiger partial charge in [-0.15, -0.1) is 0 Å². The fourth-order valence-corrected chi connectivity index (χ4v) is 4.98. The van der Waals surface area contributed by atoms with E-state index < -0.39 is 22.0 Å². The smallest absolute Gasteiger partial charge is 0.248 e. The van der Waals surface area contributed by atoms with E-state index in [9.17, 15) is 13.2 Å². The summed E-state index contributed by atoms with van der Waals surface area (Å²) in [5, 5.41) is 3.34. The largest absolute Gasteiger partial charge is 0.378 e. The average molecular weight is 486 g/mol. The van der Waals surface area contributed by atoms with Crippen molar-refractivity contribution >= 4 is 56.2 Å². The highest BCUT2D eigenvalue weighted by Crippen LogP contribution is 2.30. The molecule has 1 aliphatic heterocycles. The third-order valence-corrected chi connectivity index (χ3v) is 6.92. The van der Waals surface area contributed by atoms with Gasteiger partial charge >= 0.3 is 0 Å². The number of benzene rings is 2. The number of halogens is 2. The number of nitrogens with one attached hydrogen (secondary N) is 1. The molecule has 0 radical (unpaired) electrons. The molecule has 0 spiro atoms. The van der Waals surface area contributed by atoms with Crippen LogP contribution in [0.4, 0.5) is 17.1 Å². The van der Waals surface area contributed by atoms with Crippen molar-refractivity contribution in [2.24, 2.45) is 0 Å². The molecule has 3 rings (SSSR count). The van der Waals surface area contributed by atoms with Gasteiger partial charge in [0, 0.05) is 24.5 Å². The van der Waals surface area contributed by atoms with E-state index in [-0.39, 0.29) is 17.1 Å². The molecule has 0 unspecified atom stereocenters. The van der Waals surface area contributed by atoms with Gasteiger partial charge in [-0.25, -0.2) is 8.42 Å². The summed E-state index contributed by atoms with van der Waals surface area (Å²) in [6.45, 7) is 4.76. The van der Waals surface area contributed by atoms with E-state index in [1.54, 1.807) is 19.1 Å². The second-order valence-electron chi connectivity index (χ2n) is 7.22. The zero-order chi connectivity index (χ0) is 22.6. The second-order valence-corrected chi connectivity index (χ2v) is 9.89. The Labute approximate surface area is 192 Å². The molecule has 2 aromatic rings. The standard InChI is InChI=1S/C21H25Cl2N3O4S/c1-3-20(26(31(2,28)29)17-8-9-18(22)19(23)14-17)21(27)24-15-4-6-16(7-5-15)25-10-12-30-13-11-25/h4-9,14,20H,3,10-13H2,1-2H3,(H,24,27)/t20-/m0/s1. The number of hydrogen-bond acceptors (Lipinski definition) is 5. The lowest BCUT2D eigenvalue weighted by Crippen LogP contribution is -2.47. The first-order chi connectivity index (χ1) is 14.7. The van der Waals surface area contributed by atoms with E-state index in [1.807, 2.05) is 12.1 Å². The van der Waals surface area contributed by atoms with Crippen LogP contribution >= 0.6 is 23.2 Å². The second kappa shape index (κ2) is 10.1. The highest BCUT2D eigenvalue weighted by atomic mass is 35.5. The lowest BCUT2D eigenvalue weighted by Gasteiger charge is -2.30. The van der Waals surface area contributed by atoms with Crippen LogP contribution in [-0.4, -0.2) is 52.9 Å². The number of carbonyl (C=O) groups is 1. The van der Waals surface area contributed by atoms with Crippen LogP contribution in [-0.2, 0) is 19.6 Å². The van der Waals surface area contributed by atoms with Gasteiger partial charge in [-0.05, 0) is 48.9 Å². The molecule has 7 nitrogen and oxygen atoms in total. The van der Waals surface area contributed by atoms with Crippen molar-refractivity contribution in [2.75, 3.05) is 47.1 Å². The van der Waals surface area contributed by atoms with Gasteiger partial charge in [0.2, 0.25) is 15.9 Å². The summed E-state index contributed by atoms with van der Waals surface area (Å²) < 4.78 is 31.6. The van der Waals surface area contributed by atoms with E-state index in [4.69, 9.17) is 27.9 Å². The molecule has 1 saturated heterocycles. The first-order valence-electron chi connectivity index (χ1n) is 9.88. The monoisotopic (exact) mass is 485 g/mol. The van der Waals surface area contributed by atoms with E-state index in [0.717, 1.165) is 29.3 Å². The van der Waals surface area contributed by atoms with Crippen LogP contribution in [0.3, 0.4) is 0 Å². The highest BCUT2D eigenvalue weighted by molar-refractivity contribution is 7.92. The summed E-state index contributed by atoms with van der Waals surface area (Å²) in [7, 11) is -3.77. The molecule has 1 amide bonds. The molecule has 1 fully saturated rings. The Morgan fingerprint density at radius 3 is 2.32 bits per heavy atom. The highest BCUT2D eigenvalue weighted by Gasteiger charge is 2.32. The minimum atomic E-state index is -3.77. The van der Waals surface area contributed by atoms with Gasteiger partial charge in [-0.1, -0.05) is 30.1 Å². The molecule has 0 aromatic heterocycles. The zero-order valence-corrected chi connectivity index (χ0v) is 19.7. The van der Waals surface area contributed by atoms with Crippen molar-refractivity contribution in [1.29, 1.82) is 0 Å². The SMILES string of the molecule is CC[C@@H](C(=O)Nc1ccc(N2CCOCC2)cc1)N(c1ccc(Cl)c(Cl)c1)S(C)(=O)=O. The number of anilines is 3. The zero-order valence-electron chi connectivity index (χ0n) is 17.3. The molecular weight excluding hydrogens is 461 g/mol. The van der Waals surface area contributed by atoms with Crippen molar-refractivity contribution in [2.45, 2.75) is 19.4 Å². The molecule has 2 aromatic carbocycles. The van der Waals surface area contributed by atoms with Gasteiger partial charge in [0.05, 0.1) is 35.2 Å². The van der Waals surface area contributed by atoms with Crippen LogP contribution in [0.5, 0.6) is 0 Å². The number of ether oxygens (including phenoxy) is 1. The first kappa shape index (κ1) is 23.7. The van der Waals surface area contributed by atoms with Gasteiger partial charge in [-0.3, -0.25) is 9.10 Å². The lowest BCUT2D eigenvalue weighted by atomic mass is 10.1. The van der Waals surface area contributed by atoms with Crippen LogP contribution in [0.2, 0.25) is 10.0 Å². The topological polar surface area (TPSA) is 79.0 Å². The number of amides is 1. The minimum Gasteiger partial charge on any atom is -0.378 e. The number of morpholine rings is 1. The maximum absolute atomic E-state index is 13.0. The van der Waals surface area contributed by atoms with Crippen molar-refractivity contribution in [1.82, 2.24) is 0 Å². The average Bonchev–Trinajstić information content (AvgIpc) is 2.74. The molecular formula is C21H25Cl2N3O4S. The minimum absolute atomic E-state index is 0.210. The van der Waals surface area contributed by atoms with E-state index in [2.05, 4.69) is 10.2 Å². The Morgan fingerprint density at radius 1 is 1.13 bits per heavy atom. The molecule has 1 atom stereocenters. The Bertz CT molecular complexity index is 1030. The first-order valence-corrected chi connectivity index (χ1v) is 12.5. The van der Waals surface area contributed by atoms with Gasteiger partial charge in [0.1, 0.15) is 6.04 Å². The van der Waals surface area contributed by atoms with Gasteiger partial charge < -0.3 is 15.0 Å². The molecule has 0 bridgehead atoms. The lowest BCUT2D eigenvalue weighted by molar-refractivity contribution is -0.117. The van der Waals surface area contributed by atoms with Gasteiger partial charge in [-0.2, -0.15) is 0 Å². The molecule has 31 heavy (non-hydrogen) atoms. The summed E-state index contributed by atoms with van der Waals surface area (Å²) in [6.07, 6.45) is 1.33.